The Balaban J connectivity index is 2.30. The average molecular weight is 337 g/mol. The highest BCUT2D eigenvalue weighted by molar-refractivity contribution is 5.68. The van der Waals surface area contributed by atoms with Crippen molar-refractivity contribution < 1.29 is 18.7 Å². The SMILES string of the molecule is C#C/C=C(\C=C/COC1CCN(C(=O)OC(C)(C)C)CC1)CCF. The molecule has 0 unspecified atom stereocenters. The monoisotopic (exact) mass is 337 g/mol. The molecule has 4 nitrogen and oxygen atoms in total. The average Bonchev–Trinajstić information content (AvgIpc) is 2.51. The van der Waals surface area contributed by atoms with Crippen LogP contribution in [0.4, 0.5) is 9.18 Å². The largest absolute Gasteiger partial charge is 0.444 e. The molecule has 0 radical (unpaired) electrons. The van der Waals surface area contributed by atoms with Gasteiger partial charge in [0.05, 0.1) is 19.4 Å². The number of piperidine rings is 1. The number of carbonyl (C=O) groups is 1. The summed E-state index contributed by atoms with van der Waals surface area (Å²) in [4.78, 5) is 13.7. The van der Waals surface area contributed by atoms with Crippen LogP contribution in [-0.4, -0.2) is 49.1 Å². The van der Waals surface area contributed by atoms with Crippen LogP contribution in [-0.2, 0) is 9.47 Å². The number of alkyl halides is 1. The zero-order chi connectivity index (χ0) is 18.0. The number of carbonyl (C=O) groups excluding carboxylic acids is 1. The first-order valence-electron chi connectivity index (χ1n) is 8.33. The number of rotatable bonds is 6. The van der Waals surface area contributed by atoms with Gasteiger partial charge in [0.2, 0.25) is 0 Å². The van der Waals surface area contributed by atoms with E-state index in [1.807, 2.05) is 26.8 Å². The van der Waals surface area contributed by atoms with Gasteiger partial charge in [0, 0.05) is 19.5 Å². The predicted octanol–water partition coefficient (Wildman–Crippen LogP) is 3.88. The zero-order valence-corrected chi connectivity index (χ0v) is 14.9. The van der Waals surface area contributed by atoms with Crippen molar-refractivity contribution in [1.82, 2.24) is 4.90 Å². The molecule has 0 N–H and O–H groups in total. The third-order valence-electron chi connectivity index (χ3n) is 3.51. The van der Waals surface area contributed by atoms with Crippen molar-refractivity contribution in [3.8, 4) is 12.3 Å². The second-order valence-electron chi connectivity index (χ2n) is 6.73. The zero-order valence-electron chi connectivity index (χ0n) is 14.9. The van der Waals surface area contributed by atoms with Gasteiger partial charge in [-0.1, -0.05) is 18.1 Å². The number of terminal acetylenes is 1. The lowest BCUT2D eigenvalue weighted by Crippen LogP contribution is -2.43. The van der Waals surface area contributed by atoms with Gasteiger partial charge < -0.3 is 14.4 Å². The number of nitrogens with zero attached hydrogens (tertiary/aromatic N) is 1. The van der Waals surface area contributed by atoms with Crippen LogP contribution < -0.4 is 0 Å². The molecule has 0 aromatic carbocycles. The predicted molar refractivity (Wildman–Crippen MR) is 93.4 cm³/mol. The van der Waals surface area contributed by atoms with Crippen LogP contribution in [0.1, 0.15) is 40.0 Å². The summed E-state index contributed by atoms with van der Waals surface area (Å²) < 4.78 is 23.5. The Kier molecular flexibility index (Phi) is 8.56. The normalized spacial score (nSPS) is 17.1. The number of hydrogen-bond acceptors (Lipinski definition) is 3. The van der Waals surface area contributed by atoms with Crippen molar-refractivity contribution in [2.24, 2.45) is 0 Å². The van der Waals surface area contributed by atoms with Crippen LogP contribution in [0.3, 0.4) is 0 Å². The van der Waals surface area contributed by atoms with Gasteiger partial charge in [-0.3, -0.25) is 4.39 Å². The maximum Gasteiger partial charge on any atom is 0.410 e. The molecule has 0 aromatic heterocycles. The van der Waals surface area contributed by atoms with Crippen molar-refractivity contribution in [2.75, 3.05) is 26.4 Å². The standard InChI is InChI=1S/C19H28FNO3/c1-5-7-16(9-12-20)8-6-15-23-17-10-13-21(14-11-17)18(22)24-19(2,3)4/h1,6-8,17H,9-15H2,2-4H3/b8-6-,16-7+. The van der Waals surface area contributed by atoms with E-state index in [0.29, 0.717) is 26.1 Å². The Hall–Kier alpha value is -1.80. The summed E-state index contributed by atoms with van der Waals surface area (Å²) in [5.74, 6) is 2.40. The van der Waals surface area contributed by atoms with E-state index in [1.54, 1.807) is 17.1 Å². The first-order chi connectivity index (χ1) is 11.4. The van der Waals surface area contributed by atoms with E-state index in [9.17, 15) is 9.18 Å². The van der Waals surface area contributed by atoms with Crippen molar-refractivity contribution in [3.05, 3.63) is 23.8 Å². The van der Waals surface area contributed by atoms with Gasteiger partial charge in [-0.2, -0.15) is 0 Å². The molecule has 0 saturated carbocycles. The molecule has 0 aliphatic carbocycles. The summed E-state index contributed by atoms with van der Waals surface area (Å²) in [5, 5.41) is 0. The molecule has 1 heterocycles. The smallest absolute Gasteiger partial charge is 0.410 e. The quantitative estimate of drug-likeness (QED) is 0.545. The van der Waals surface area contributed by atoms with Crippen molar-refractivity contribution in [3.63, 3.8) is 0 Å². The lowest BCUT2D eigenvalue weighted by Gasteiger charge is -2.33. The van der Waals surface area contributed by atoms with Gasteiger partial charge >= 0.3 is 6.09 Å². The third-order valence-corrected chi connectivity index (χ3v) is 3.51. The molecule has 5 heteroatoms. The first kappa shape index (κ1) is 20.2. The minimum absolute atomic E-state index is 0.120. The molecule has 134 valence electrons. The molecule has 1 aliphatic heterocycles. The second-order valence-corrected chi connectivity index (χ2v) is 6.73. The Labute approximate surface area is 144 Å². The van der Waals surface area contributed by atoms with Crippen LogP contribution in [0.15, 0.2) is 23.8 Å². The van der Waals surface area contributed by atoms with Crippen LogP contribution in [0.25, 0.3) is 0 Å². The molecular formula is C19H28FNO3. The van der Waals surface area contributed by atoms with Crippen LogP contribution in [0.5, 0.6) is 0 Å². The van der Waals surface area contributed by atoms with Crippen molar-refractivity contribution in [1.29, 1.82) is 0 Å². The minimum atomic E-state index is -0.474. The van der Waals surface area contributed by atoms with Crippen molar-refractivity contribution >= 4 is 6.09 Å². The third kappa shape index (κ3) is 8.16. The summed E-state index contributed by atoms with van der Waals surface area (Å²) in [6, 6.07) is 0. The Morgan fingerprint density at radius 3 is 2.58 bits per heavy atom. The Morgan fingerprint density at radius 1 is 1.38 bits per heavy atom. The summed E-state index contributed by atoms with van der Waals surface area (Å²) >= 11 is 0. The fourth-order valence-corrected chi connectivity index (χ4v) is 2.34. The summed E-state index contributed by atoms with van der Waals surface area (Å²) in [7, 11) is 0. The van der Waals surface area contributed by atoms with E-state index < -0.39 is 12.3 Å². The molecule has 1 aliphatic rings. The summed E-state index contributed by atoms with van der Waals surface area (Å²) in [6.45, 7) is 6.87. The Bertz CT molecular complexity index is 492. The van der Waals surface area contributed by atoms with E-state index in [-0.39, 0.29) is 12.2 Å². The first-order valence-corrected chi connectivity index (χ1v) is 8.33. The number of amides is 1. The van der Waals surface area contributed by atoms with Gasteiger partial charge in [0.15, 0.2) is 0 Å². The minimum Gasteiger partial charge on any atom is -0.444 e. The topological polar surface area (TPSA) is 38.8 Å². The number of allylic oxidation sites excluding steroid dienone is 3. The van der Waals surface area contributed by atoms with Crippen LogP contribution >= 0.6 is 0 Å². The number of ether oxygens (including phenoxy) is 2. The van der Waals surface area contributed by atoms with Gasteiger partial charge in [0.25, 0.3) is 0 Å². The van der Waals surface area contributed by atoms with E-state index in [4.69, 9.17) is 15.9 Å². The van der Waals surface area contributed by atoms with Gasteiger partial charge in [0.1, 0.15) is 5.60 Å². The van der Waals surface area contributed by atoms with E-state index in [0.717, 1.165) is 18.4 Å². The summed E-state index contributed by atoms with van der Waals surface area (Å²) in [6.07, 6.45) is 12.1. The number of halogens is 1. The number of likely N-dealkylation sites (tertiary alicyclic amines) is 1. The summed E-state index contributed by atoms with van der Waals surface area (Å²) in [5.41, 5.74) is 0.307. The molecule has 0 bridgehead atoms. The molecule has 1 rings (SSSR count). The van der Waals surface area contributed by atoms with Crippen LogP contribution in [0.2, 0.25) is 0 Å². The van der Waals surface area contributed by atoms with E-state index >= 15 is 0 Å². The van der Waals surface area contributed by atoms with Gasteiger partial charge in [-0.25, -0.2) is 4.79 Å². The molecule has 0 atom stereocenters. The highest BCUT2D eigenvalue weighted by Gasteiger charge is 2.26. The lowest BCUT2D eigenvalue weighted by molar-refractivity contribution is -0.00472. The van der Waals surface area contributed by atoms with Gasteiger partial charge in [-0.05, 0) is 45.3 Å². The molecule has 1 fully saturated rings. The fourth-order valence-electron chi connectivity index (χ4n) is 2.34. The van der Waals surface area contributed by atoms with Gasteiger partial charge in [-0.15, -0.1) is 6.42 Å². The van der Waals surface area contributed by atoms with E-state index in [2.05, 4.69) is 5.92 Å². The van der Waals surface area contributed by atoms with Crippen LogP contribution in [0, 0.1) is 12.3 Å². The molecular weight excluding hydrogens is 309 g/mol. The second kappa shape index (κ2) is 10.1. The molecule has 0 aromatic rings. The van der Waals surface area contributed by atoms with Crippen molar-refractivity contribution in [2.45, 2.75) is 51.7 Å². The number of hydrogen-bond donors (Lipinski definition) is 0. The highest BCUT2D eigenvalue weighted by Crippen LogP contribution is 2.17. The fraction of sp³-hybridized carbons (Fsp3) is 0.632. The molecule has 1 amide bonds. The molecule has 24 heavy (non-hydrogen) atoms. The maximum absolute atomic E-state index is 12.4. The highest BCUT2D eigenvalue weighted by atomic mass is 19.1. The van der Waals surface area contributed by atoms with E-state index in [1.165, 1.54) is 0 Å². The Morgan fingerprint density at radius 2 is 2.04 bits per heavy atom. The molecule has 1 saturated heterocycles. The molecule has 0 spiro atoms. The maximum atomic E-state index is 12.4. The lowest BCUT2D eigenvalue weighted by atomic mass is 10.1.